The van der Waals surface area contributed by atoms with Crippen molar-refractivity contribution in [2.45, 2.75) is 33.1 Å². The Morgan fingerprint density at radius 3 is 1.40 bits per heavy atom. The van der Waals surface area contributed by atoms with Crippen molar-refractivity contribution < 1.29 is 4.79 Å². The summed E-state index contributed by atoms with van der Waals surface area (Å²) < 4.78 is 0. The van der Waals surface area contributed by atoms with Crippen LogP contribution in [0.3, 0.4) is 0 Å². The predicted molar refractivity (Wildman–Crippen MR) is 108 cm³/mol. The third kappa shape index (κ3) is 3.15. The number of ketones is 1. The summed E-state index contributed by atoms with van der Waals surface area (Å²) in [6.45, 7) is 8.41. The Hall–Kier alpha value is -2.29. The lowest BCUT2D eigenvalue weighted by Crippen LogP contribution is -2.31. The molecule has 0 aromatic heterocycles. The van der Waals surface area contributed by atoms with E-state index >= 15 is 0 Å². The minimum atomic E-state index is -0.198. The number of rotatable bonds is 2. The highest BCUT2D eigenvalue weighted by Crippen LogP contribution is 2.43. The molecule has 0 N–H and O–H groups in total. The fourth-order valence-corrected chi connectivity index (χ4v) is 3.34. The summed E-state index contributed by atoms with van der Waals surface area (Å²) in [4.78, 5) is 17.1. The molecule has 0 saturated heterocycles. The summed E-state index contributed by atoms with van der Waals surface area (Å²) in [6, 6.07) is 12.3. The maximum absolute atomic E-state index is 12.9. The van der Waals surface area contributed by atoms with E-state index in [2.05, 4.69) is 35.8 Å². The van der Waals surface area contributed by atoms with Crippen LogP contribution in [0.2, 0.25) is 0 Å². The molecular weight excluding hydrogens is 308 g/mol. The number of hydrogen-bond acceptors (Lipinski definition) is 3. The van der Waals surface area contributed by atoms with Gasteiger partial charge in [-0.2, -0.15) is 0 Å². The molecule has 3 rings (SSSR count). The zero-order chi connectivity index (χ0) is 18.9. The first-order valence-corrected chi connectivity index (χ1v) is 8.92. The fourth-order valence-electron chi connectivity index (χ4n) is 3.34. The lowest BCUT2D eigenvalue weighted by atomic mass is 9.68. The molecule has 134 valence electrons. The van der Waals surface area contributed by atoms with E-state index in [9.17, 15) is 4.79 Å². The minimum absolute atomic E-state index is 0.130. The van der Waals surface area contributed by atoms with Gasteiger partial charge in [0.25, 0.3) is 0 Å². The largest absolute Gasteiger partial charge is 0.378 e. The molecule has 0 radical (unpaired) electrons. The van der Waals surface area contributed by atoms with Crippen molar-refractivity contribution in [2.24, 2.45) is 0 Å². The predicted octanol–water partition coefficient (Wildman–Crippen LogP) is 4.72. The summed E-state index contributed by atoms with van der Waals surface area (Å²) in [6.07, 6.45) is 0. The SMILES string of the molecule is CC.CN(C)c1ccc2c(c1)C(C)(C)c1cc(N(C)C)ccc1C2=O. The maximum atomic E-state index is 12.9. The first-order valence-electron chi connectivity index (χ1n) is 8.92. The Balaban J connectivity index is 0.00000109. The smallest absolute Gasteiger partial charge is 0.193 e. The molecule has 1 aliphatic carbocycles. The summed E-state index contributed by atoms with van der Waals surface area (Å²) >= 11 is 0. The number of nitrogens with zero attached hydrogens (tertiary/aromatic N) is 2. The molecular formula is C22H30N2O. The van der Waals surface area contributed by atoms with Crippen LogP contribution in [0.4, 0.5) is 11.4 Å². The second kappa shape index (κ2) is 6.91. The highest BCUT2D eigenvalue weighted by Gasteiger charge is 2.37. The van der Waals surface area contributed by atoms with Crippen LogP contribution in [-0.2, 0) is 5.41 Å². The summed E-state index contributed by atoms with van der Waals surface area (Å²) in [5.41, 5.74) is 5.91. The molecule has 3 nitrogen and oxygen atoms in total. The molecule has 0 unspecified atom stereocenters. The summed E-state index contributed by atoms with van der Waals surface area (Å²) in [5, 5.41) is 0. The molecule has 1 aliphatic rings. The molecule has 2 aromatic carbocycles. The van der Waals surface area contributed by atoms with Crippen molar-refractivity contribution in [3.05, 3.63) is 58.7 Å². The number of carbonyl (C=O) groups excluding carboxylic acids is 1. The van der Waals surface area contributed by atoms with Crippen LogP contribution in [0.1, 0.15) is 54.7 Å². The Labute approximate surface area is 152 Å². The van der Waals surface area contributed by atoms with E-state index in [1.54, 1.807) is 0 Å². The number of fused-ring (bicyclic) bond motifs is 2. The lowest BCUT2D eigenvalue weighted by Gasteiger charge is -2.35. The van der Waals surface area contributed by atoms with Crippen LogP contribution >= 0.6 is 0 Å². The highest BCUT2D eigenvalue weighted by atomic mass is 16.1. The molecule has 0 spiro atoms. The summed E-state index contributed by atoms with van der Waals surface area (Å²) in [5.74, 6) is 0.130. The number of benzene rings is 2. The first-order chi connectivity index (χ1) is 11.7. The minimum Gasteiger partial charge on any atom is -0.378 e. The Morgan fingerprint density at radius 1 is 0.720 bits per heavy atom. The summed E-state index contributed by atoms with van der Waals surface area (Å²) in [7, 11) is 8.10. The Kier molecular flexibility index (Phi) is 5.26. The normalized spacial score (nSPS) is 14.0. The Bertz CT molecular complexity index is 725. The monoisotopic (exact) mass is 338 g/mol. The standard InChI is InChI=1S/C20H24N2O.C2H6/c1-20(2)17-11-13(21(3)4)7-9-15(17)19(23)16-10-8-14(22(5)6)12-18(16)20;1-2/h7-12H,1-6H3;1-2H3. The van der Waals surface area contributed by atoms with Crippen LogP contribution in [0, 0.1) is 0 Å². The van der Waals surface area contributed by atoms with Crippen molar-refractivity contribution >= 4 is 17.2 Å². The quantitative estimate of drug-likeness (QED) is 0.792. The van der Waals surface area contributed by atoms with Gasteiger partial charge in [-0.05, 0) is 47.5 Å². The van der Waals surface area contributed by atoms with Gasteiger partial charge in [0.05, 0.1) is 0 Å². The van der Waals surface area contributed by atoms with Gasteiger partial charge in [-0.25, -0.2) is 0 Å². The van der Waals surface area contributed by atoms with E-state index in [4.69, 9.17) is 0 Å². The van der Waals surface area contributed by atoms with Crippen molar-refractivity contribution in [3.63, 3.8) is 0 Å². The lowest BCUT2D eigenvalue weighted by molar-refractivity contribution is 0.103. The first kappa shape index (κ1) is 19.0. The third-order valence-corrected chi connectivity index (χ3v) is 4.88. The van der Waals surface area contributed by atoms with E-state index in [0.29, 0.717) is 0 Å². The molecule has 0 saturated carbocycles. The van der Waals surface area contributed by atoms with E-state index in [0.717, 1.165) is 33.6 Å². The van der Waals surface area contributed by atoms with Gasteiger partial charge in [0.15, 0.2) is 5.78 Å². The van der Waals surface area contributed by atoms with Gasteiger partial charge < -0.3 is 9.80 Å². The molecule has 0 bridgehead atoms. The van der Waals surface area contributed by atoms with Crippen LogP contribution in [0.15, 0.2) is 36.4 Å². The van der Waals surface area contributed by atoms with Crippen LogP contribution in [0.25, 0.3) is 0 Å². The van der Waals surface area contributed by atoms with Crippen molar-refractivity contribution in [1.29, 1.82) is 0 Å². The highest BCUT2D eigenvalue weighted by molar-refractivity contribution is 6.13. The number of anilines is 2. The zero-order valence-corrected chi connectivity index (χ0v) is 16.8. The number of carbonyl (C=O) groups is 1. The average molecular weight is 338 g/mol. The van der Waals surface area contributed by atoms with Gasteiger partial charge >= 0.3 is 0 Å². The van der Waals surface area contributed by atoms with Crippen molar-refractivity contribution in [1.82, 2.24) is 0 Å². The van der Waals surface area contributed by atoms with Gasteiger partial charge in [-0.3, -0.25) is 4.79 Å². The van der Waals surface area contributed by atoms with Crippen LogP contribution in [0.5, 0.6) is 0 Å². The number of hydrogen-bond donors (Lipinski definition) is 0. The van der Waals surface area contributed by atoms with Crippen molar-refractivity contribution in [2.75, 3.05) is 38.0 Å². The topological polar surface area (TPSA) is 23.6 Å². The second-order valence-electron chi connectivity index (χ2n) is 7.20. The van der Waals surface area contributed by atoms with Gasteiger partial charge in [-0.15, -0.1) is 0 Å². The van der Waals surface area contributed by atoms with E-state index in [1.807, 2.05) is 66.3 Å². The van der Waals surface area contributed by atoms with E-state index in [1.165, 1.54) is 0 Å². The van der Waals surface area contributed by atoms with Crippen LogP contribution in [-0.4, -0.2) is 34.0 Å². The molecule has 2 aromatic rings. The maximum Gasteiger partial charge on any atom is 0.193 e. The van der Waals surface area contributed by atoms with Gasteiger partial charge in [0, 0.05) is 56.1 Å². The van der Waals surface area contributed by atoms with Crippen LogP contribution < -0.4 is 9.80 Å². The third-order valence-electron chi connectivity index (χ3n) is 4.88. The van der Waals surface area contributed by atoms with E-state index in [-0.39, 0.29) is 11.2 Å². The van der Waals surface area contributed by atoms with Gasteiger partial charge in [0.2, 0.25) is 0 Å². The van der Waals surface area contributed by atoms with Crippen molar-refractivity contribution in [3.8, 4) is 0 Å². The zero-order valence-electron chi connectivity index (χ0n) is 16.8. The fraction of sp³-hybridized carbons (Fsp3) is 0.409. The molecule has 0 amide bonds. The average Bonchev–Trinajstić information content (AvgIpc) is 2.60. The van der Waals surface area contributed by atoms with E-state index < -0.39 is 0 Å². The Morgan fingerprint density at radius 2 is 1.08 bits per heavy atom. The molecule has 0 heterocycles. The molecule has 0 atom stereocenters. The molecule has 3 heteroatoms. The molecule has 0 aliphatic heterocycles. The van der Waals surface area contributed by atoms with Gasteiger partial charge in [-0.1, -0.05) is 27.7 Å². The molecule has 25 heavy (non-hydrogen) atoms. The second-order valence-corrected chi connectivity index (χ2v) is 7.20. The van der Waals surface area contributed by atoms with Gasteiger partial charge in [0.1, 0.15) is 0 Å². The molecule has 0 fully saturated rings.